The summed E-state index contributed by atoms with van der Waals surface area (Å²) in [5, 5.41) is 2.77. The number of hydrogen-bond donors (Lipinski definition) is 1. The zero-order valence-electron chi connectivity index (χ0n) is 12.2. The molecule has 23 heavy (non-hydrogen) atoms. The van der Waals surface area contributed by atoms with Crippen molar-refractivity contribution in [3.05, 3.63) is 57.3 Å². The Morgan fingerprint density at radius 3 is 2.61 bits per heavy atom. The number of amides is 2. The van der Waals surface area contributed by atoms with Crippen LogP contribution in [0.25, 0.3) is 6.08 Å². The fraction of sp³-hybridized carbons (Fsp3) is 0.125. The Morgan fingerprint density at radius 2 is 1.96 bits per heavy atom. The van der Waals surface area contributed by atoms with Gasteiger partial charge in [-0.15, -0.1) is 0 Å². The molecule has 1 aliphatic heterocycles. The normalized spacial score (nSPS) is 16.4. The number of furan rings is 1. The molecule has 118 valence electrons. The van der Waals surface area contributed by atoms with Crippen molar-refractivity contribution in [3.63, 3.8) is 0 Å². The van der Waals surface area contributed by atoms with E-state index < -0.39 is 0 Å². The summed E-state index contributed by atoms with van der Waals surface area (Å²) in [6.07, 6.45) is 1.59. The molecule has 1 saturated heterocycles. The minimum Gasteiger partial charge on any atom is -0.462 e. The van der Waals surface area contributed by atoms with Gasteiger partial charge in [-0.2, -0.15) is 0 Å². The first-order valence-electron chi connectivity index (χ1n) is 6.84. The predicted molar refractivity (Wildman–Crippen MR) is 93.9 cm³/mol. The predicted octanol–water partition coefficient (Wildman–Crippen LogP) is 4.46. The molecule has 0 radical (unpaired) electrons. The zero-order chi connectivity index (χ0) is 16.4. The first kappa shape index (κ1) is 15.9. The summed E-state index contributed by atoms with van der Waals surface area (Å²) < 4.78 is 6.38. The van der Waals surface area contributed by atoms with Gasteiger partial charge in [0.25, 0.3) is 11.1 Å². The molecule has 2 aromatic rings. The maximum atomic E-state index is 12.3. The van der Waals surface area contributed by atoms with E-state index >= 15 is 0 Å². The van der Waals surface area contributed by atoms with E-state index in [1.807, 2.05) is 37.3 Å². The lowest BCUT2D eigenvalue weighted by molar-refractivity contribution is -0.122. The highest BCUT2D eigenvalue weighted by Gasteiger charge is 2.35. The van der Waals surface area contributed by atoms with Crippen LogP contribution in [0.3, 0.4) is 0 Å². The molecule has 7 heteroatoms. The standard InChI is InChI=1S/C16H13BrN2O3S/c1-10-2-7-13(22-10)8-14-15(20)19(16(21)23-14)9-18-12-5-3-11(17)4-6-12/h2-8,18H,9H2,1H3. The molecule has 2 amide bonds. The second-order valence-electron chi connectivity index (χ2n) is 4.90. The maximum Gasteiger partial charge on any atom is 0.295 e. The number of imide groups is 1. The Bertz CT molecular complexity index is 783. The average molecular weight is 393 g/mol. The SMILES string of the molecule is Cc1ccc(C=C2SC(=O)N(CNc3ccc(Br)cc3)C2=O)o1. The third-order valence-electron chi connectivity index (χ3n) is 3.19. The molecule has 0 spiro atoms. The first-order valence-corrected chi connectivity index (χ1v) is 8.45. The van der Waals surface area contributed by atoms with Crippen LogP contribution in [0.1, 0.15) is 11.5 Å². The van der Waals surface area contributed by atoms with Crippen LogP contribution in [-0.4, -0.2) is 22.7 Å². The van der Waals surface area contributed by atoms with Gasteiger partial charge in [0.2, 0.25) is 0 Å². The van der Waals surface area contributed by atoms with E-state index in [1.54, 1.807) is 12.1 Å². The lowest BCUT2D eigenvalue weighted by Crippen LogP contribution is -2.33. The van der Waals surface area contributed by atoms with Crippen molar-refractivity contribution in [1.82, 2.24) is 4.90 Å². The number of rotatable bonds is 4. The van der Waals surface area contributed by atoms with E-state index in [0.29, 0.717) is 10.7 Å². The summed E-state index contributed by atoms with van der Waals surface area (Å²) >= 11 is 4.27. The van der Waals surface area contributed by atoms with Crippen molar-refractivity contribution in [2.75, 3.05) is 12.0 Å². The molecule has 3 rings (SSSR count). The van der Waals surface area contributed by atoms with Crippen molar-refractivity contribution in [2.45, 2.75) is 6.92 Å². The number of anilines is 1. The van der Waals surface area contributed by atoms with Gasteiger partial charge in [0, 0.05) is 16.2 Å². The van der Waals surface area contributed by atoms with Crippen molar-refractivity contribution >= 4 is 50.6 Å². The van der Waals surface area contributed by atoms with Gasteiger partial charge in [-0.25, -0.2) is 0 Å². The van der Waals surface area contributed by atoms with E-state index in [9.17, 15) is 9.59 Å². The summed E-state index contributed by atoms with van der Waals surface area (Å²) in [6, 6.07) is 11.1. The first-order chi connectivity index (χ1) is 11.0. The molecule has 0 atom stereocenters. The molecule has 0 saturated carbocycles. The fourth-order valence-corrected chi connectivity index (χ4v) is 3.12. The summed E-state index contributed by atoms with van der Waals surface area (Å²) in [7, 11) is 0. The molecule has 2 heterocycles. The van der Waals surface area contributed by atoms with Crippen LogP contribution in [0.5, 0.6) is 0 Å². The van der Waals surface area contributed by atoms with Crippen LogP contribution < -0.4 is 5.32 Å². The van der Waals surface area contributed by atoms with Crippen LogP contribution in [0.15, 0.2) is 50.2 Å². The monoisotopic (exact) mass is 392 g/mol. The quantitative estimate of drug-likeness (QED) is 0.778. The van der Waals surface area contributed by atoms with Gasteiger partial charge in [0.05, 0.1) is 11.6 Å². The molecule has 1 N–H and O–H groups in total. The van der Waals surface area contributed by atoms with Crippen molar-refractivity contribution in [3.8, 4) is 0 Å². The van der Waals surface area contributed by atoms with Gasteiger partial charge in [-0.1, -0.05) is 15.9 Å². The topological polar surface area (TPSA) is 62.6 Å². The van der Waals surface area contributed by atoms with E-state index in [4.69, 9.17) is 4.42 Å². The molecular weight excluding hydrogens is 380 g/mol. The average Bonchev–Trinajstić information content (AvgIpc) is 3.04. The number of halogens is 1. The summed E-state index contributed by atoms with van der Waals surface area (Å²) in [4.78, 5) is 25.9. The summed E-state index contributed by atoms with van der Waals surface area (Å²) in [5.41, 5.74) is 0.831. The van der Waals surface area contributed by atoms with Crippen LogP contribution in [0.2, 0.25) is 0 Å². The number of carbonyl (C=O) groups is 2. The van der Waals surface area contributed by atoms with Crippen molar-refractivity contribution < 1.29 is 14.0 Å². The van der Waals surface area contributed by atoms with E-state index in [0.717, 1.165) is 27.7 Å². The molecule has 1 fully saturated rings. The Labute approximate surface area is 145 Å². The number of thioether (sulfide) groups is 1. The summed E-state index contributed by atoms with van der Waals surface area (Å²) in [5.74, 6) is 1.000. The number of carbonyl (C=O) groups excluding carboxylic acids is 2. The van der Waals surface area contributed by atoms with Crippen LogP contribution in [0, 0.1) is 6.92 Å². The minimum absolute atomic E-state index is 0.126. The molecule has 0 aliphatic carbocycles. The Morgan fingerprint density at radius 1 is 1.22 bits per heavy atom. The molecule has 1 aliphatic rings. The third kappa shape index (κ3) is 3.68. The van der Waals surface area contributed by atoms with Gasteiger partial charge in [0.15, 0.2) is 0 Å². The second-order valence-corrected chi connectivity index (χ2v) is 6.81. The highest BCUT2D eigenvalue weighted by molar-refractivity contribution is 9.10. The minimum atomic E-state index is -0.321. The molecular formula is C16H13BrN2O3S. The highest BCUT2D eigenvalue weighted by Crippen LogP contribution is 2.32. The third-order valence-corrected chi connectivity index (χ3v) is 4.63. The number of hydrogen-bond acceptors (Lipinski definition) is 5. The van der Waals surface area contributed by atoms with E-state index in [-0.39, 0.29) is 17.8 Å². The molecule has 0 unspecified atom stereocenters. The lowest BCUT2D eigenvalue weighted by Gasteiger charge is -2.14. The van der Waals surface area contributed by atoms with Gasteiger partial charge in [-0.05, 0) is 55.1 Å². The van der Waals surface area contributed by atoms with Gasteiger partial charge in [-0.3, -0.25) is 14.5 Å². The maximum absolute atomic E-state index is 12.3. The zero-order valence-corrected chi connectivity index (χ0v) is 14.6. The number of aryl methyl sites for hydroxylation is 1. The van der Waals surface area contributed by atoms with Crippen LogP contribution in [-0.2, 0) is 4.79 Å². The number of benzene rings is 1. The Hall–Kier alpha value is -1.99. The second kappa shape index (κ2) is 6.64. The molecule has 1 aromatic carbocycles. The van der Waals surface area contributed by atoms with Gasteiger partial charge >= 0.3 is 0 Å². The lowest BCUT2D eigenvalue weighted by atomic mass is 10.3. The number of nitrogens with zero attached hydrogens (tertiary/aromatic N) is 1. The molecule has 0 bridgehead atoms. The fourth-order valence-electron chi connectivity index (χ4n) is 2.03. The van der Waals surface area contributed by atoms with E-state index in [1.165, 1.54) is 4.90 Å². The Kier molecular flexibility index (Phi) is 4.58. The van der Waals surface area contributed by atoms with Gasteiger partial charge in [0.1, 0.15) is 11.5 Å². The Balaban J connectivity index is 1.69. The smallest absolute Gasteiger partial charge is 0.295 e. The largest absolute Gasteiger partial charge is 0.462 e. The van der Waals surface area contributed by atoms with Crippen LogP contribution in [0.4, 0.5) is 10.5 Å². The van der Waals surface area contributed by atoms with E-state index in [2.05, 4.69) is 21.2 Å². The number of nitrogens with one attached hydrogen (secondary N) is 1. The van der Waals surface area contributed by atoms with Crippen LogP contribution >= 0.6 is 27.7 Å². The molecule has 5 nitrogen and oxygen atoms in total. The highest BCUT2D eigenvalue weighted by atomic mass is 79.9. The van der Waals surface area contributed by atoms with Gasteiger partial charge < -0.3 is 9.73 Å². The van der Waals surface area contributed by atoms with Crippen molar-refractivity contribution in [1.29, 1.82) is 0 Å². The van der Waals surface area contributed by atoms with Crippen molar-refractivity contribution in [2.24, 2.45) is 0 Å². The molecule has 1 aromatic heterocycles. The summed E-state index contributed by atoms with van der Waals surface area (Å²) in [6.45, 7) is 1.95.